The summed E-state index contributed by atoms with van der Waals surface area (Å²) in [4.78, 5) is 35.7. The van der Waals surface area contributed by atoms with Crippen LogP contribution in [0.4, 0.5) is 0 Å². The van der Waals surface area contributed by atoms with Crippen LogP contribution in [0.5, 0.6) is 0 Å². The summed E-state index contributed by atoms with van der Waals surface area (Å²) in [6, 6.07) is 0. The minimum Gasteiger partial charge on any atom is -0.462 e. The van der Waals surface area contributed by atoms with E-state index in [0.29, 0.717) is 38.7 Å². The Morgan fingerprint density at radius 1 is 1.00 bits per heavy atom. The van der Waals surface area contributed by atoms with Crippen molar-refractivity contribution in [3.8, 4) is 0 Å². The molecule has 2 aliphatic heterocycles. The lowest BCUT2D eigenvalue weighted by Gasteiger charge is -2.63. The topological polar surface area (TPSA) is 108 Å². The second-order valence-electron chi connectivity index (χ2n) is 12.2. The smallest absolute Gasteiger partial charge is 0.331 e. The van der Waals surface area contributed by atoms with Crippen molar-refractivity contribution in [2.75, 3.05) is 6.61 Å². The first-order valence-electron chi connectivity index (χ1n) is 13.2. The van der Waals surface area contributed by atoms with E-state index >= 15 is 0 Å². The molecule has 35 heavy (non-hydrogen) atoms. The lowest BCUT2D eigenvalue weighted by Crippen LogP contribution is -2.67. The van der Waals surface area contributed by atoms with Crippen molar-refractivity contribution < 1.29 is 38.4 Å². The molecule has 2 bridgehead atoms. The molecule has 4 aliphatic carbocycles. The number of carbonyl (C=O) groups excluding carboxylic acids is 3. The van der Waals surface area contributed by atoms with Crippen LogP contribution in [-0.4, -0.2) is 53.2 Å². The van der Waals surface area contributed by atoms with Gasteiger partial charge in [0.1, 0.15) is 12.7 Å². The summed E-state index contributed by atoms with van der Waals surface area (Å²) < 4.78 is 23.6. The average molecular weight is 489 g/mol. The summed E-state index contributed by atoms with van der Waals surface area (Å²) in [5.41, 5.74) is -1.28. The molecule has 1 spiro atoms. The van der Waals surface area contributed by atoms with E-state index in [0.717, 1.165) is 31.3 Å². The summed E-state index contributed by atoms with van der Waals surface area (Å²) in [5, 5.41) is 12.2. The molecule has 5 fully saturated rings. The predicted molar refractivity (Wildman–Crippen MR) is 121 cm³/mol. The van der Waals surface area contributed by atoms with Gasteiger partial charge in [-0.3, -0.25) is 9.59 Å². The molecule has 0 aromatic rings. The Bertz CT molecular complexity index is 1010. The third-order valence-electron chi connectivity index (χ3n) is 10.8. The van der Waals surface area contributed by atoms with Crippen molar-refractivity contribution in [3.63, 3.8) is 0 Å². The first-order chi connectivity index (χ1) is 16.5. The number of fused-ring (bicyclic) bond motifs is 1. The largest absolute Gasteiger partial charge is 0.462 e. The number of ether oxygens (including phenoxy) is 4. The lowest BCUT2D eigenvalue weighted by molar-refractivity contribution is -0.243. The molecule has 0 radical (unpaired) electrons. The SMILES string of the molecule is CC(=O)OC1CCC23C(OC(C)=O)OC4(CCC2(O)C1)C1CCC(C2=CC(=O)OC2)C1(C)CCC43. The fraction of sp³-hybridized carbons (Fsp3) is 0.815. The van der Waals surface area contributed by atoms with Gasteiger partial charge in [0.15, 0.2) is 0 Å². The van der Waals surface area contributed by atoms with E-state index < -0.39 is 28.9 Å². The molecule has 0 aromatic carbocycles. The van der Waals surface area contributed by atoms with Crippen molar-refractivity contribution in [3.05, 3.63) is 11.6 Å². The second kappa shape index (κ2) is 7.54. The first-order valence-corrected chi connectivity index (χ1v) is 13.2. The second-order valence-corrected chi connectivity index (χ2v) is 12.2. The fourth-order valence-corrected chi connectivity index (χ4v) is 9.75. The summed E-state index contributed by atoms with van der Waals surface area (Å²) >= 11 is 0. The molecule has 9 unspecified atom stereocenters. The van der Waals surface area contributed by atoms with Crippen LogP contribution in [0.2, 0.25) is 0 Å². The zero-order chi connectivity index (χ0) is 24.8. The van der Waals surface area contributed by atoms with E-state index in [1.165, 1.54) is 13.8 Å². The monoisotopic (exact) mass is 488 g/mol. The maximum Gasteiger partial charge on any atom is 0.331 e. The van der Waals surface area contributed by atoms with E-state index in [-0.39, 0.29) is 41.2 Å². The highest BCUT2D eigenvalue weighted by molar-refractivity contribution is 5.85. The number of cyclic esters (lactones) is 1. The van der Waals surface area contributed by atoms with Crippen LogP contribution < -0.4 is 0 Å². The molecule has 1 N–H and O–H groups in total. The quantitative estimate of drug-likeness (QED) is 0.477. The zero-order valence-corrected chi connectivity index (χ0v) is 20.8. The van der Waals surface area contributed by atoms with Gasteiger partial charge in [-0.2, -0.15) is 0 Å². The van der Waals surface area contributed by atoms with E-state index in [1.54, 1.807) is 6.08 Å². The third-order valence-corrected chi connectivity index (χ3v) is 10.8. The van der Waals surface area contributed by atoms with E-state index in [1.807, 2.05) is 0 Å². The highest BCUT2D eigenvalue weighted by Gasteiger charge is 2.80. The van der Waals surface area contributed by atoms with Crippen molar-refractivity contribution in [1.29, 1.82) is 0 Å². The predicted octanol–water partition coefficient (Wildman–Crippen LogP) is 3.20. The average Bonchev–Trinajstić information content (AvgIpc) is 3.40. The first kappa shape index (κ1) is 23.5. The van der Waals surface area contributed by atoms with Gasteiger partial charge in [-0.1, -0.05) is 6.92 Å². The van der Waals surface area contributed by atoms with Gasteiger partial charge in [0, 0.05) is 32.3 Å². The number of carbonyl (C=O) groups is 3. The number of esters is 3. The normalized spacial score (nSPS) is 49.9. The molecule has 9 atom stereocenters. The van der Waals surface area contributed by atoms with Gasteiger partial charge in [0.05, 0.1) is 16.6 Å². The summed E-state index contributed by atoms with van der Waals surface area (Å²) in [6.07, 6.45) is 7.06. The van der Waals surface area contributed by atoms with Gasteiger partial charge < -0.3 is 24.1 Å². The van der Waals surface area contributed by atoms with Gasteiger partial charge >= 0.3 is 17.9 Å². The highest BCUT2D eigenvalue weighted by Crippen LogP contribution is 2.76. The molecular formula is C27H36O8. The minimum atomic E-state index is -1.13. The standard InChI is InChI=1S/C27H36O8/c1-15(28)33-18-6-9-26-21-7-8-24(3)19(17-12-22(30)32-14-17)4-5-20(24)27(21,11-10-25(26,31)13-18)35-23(26)34-16(2)29/h12,18-21,23,31H,4-11,13-14H2,1-3H3. The Kier molecular flexibility index (Phi) is 5.06. The Morgan fingerprint density at radius 3 is 2.46 bits per heavy atom. The van der Waals surface area contributed by atoms with E-state index in [4.69, 9.17) is 18.9 Å². The Balaban J connectivity index is 1.39. The number of hydrogen-bond acceptors (Lipinski definition) is 8. The molecular weight excluding hydrogens is 452 g/mol. The number of hydrogen-bond donors (Lipinski definition) is 1. The molecule has 0 aromatic heterocycles. The van der Waals surface area contributed by atoms with Crippen molar-refractivity contribution in [2.24, 2.45) is 28.6 Å². The maximum atomic E-state index is 12.2. The van der Waals surface area contributed by atoms with Crippen molar-refractivity contribution in [2.45, 2.75) is 102 Å². The Hall–Kier alpha value is -1.93. The molecule has 192 valence electrons. The molecule has 6 rings (SSSR count). The zero-order valence-electron chi connectivity index (χ0n) is 20.8. The minimum absolute atomic E-state index is 0.0486. The van der Waals surface area contributed by atoms with Crippen molar-refractivity contribution >= 4 is 17.9 Å². The molecule has 1 saturated heterocycles. The van der Waals surface area contributed by atoms with Crippen LogP contribution in [0.1, 0.15) is 78.6 Å². The molecule has 8 nitrogen and oxygen atoms in total. The number of aliphatic hydroxyl groups is 1. The van der Waals surface area contributed by atoms with Gasteiger partial charge in [-0.05, 0) is 74.2 Å². The van der Waals surface area contributed by atoms with Crippen LogP contribution in [0.3, 0.4) is 0 Å². The number of rotatable bonds is 3. The maximum absolute atomic E-state index is 12.2. The molecule has 0 amide bonds. The summed E-state index contributed by atoms with van der Waals surface area (Å²) in [5.74, 6) is -0.437. The summed E-state index contributed by atoms with van der Waals surface area (Å²) in [6.45, 7) is 5.50. The van der Waals surface area contributed by atoms with Crippen LogP contribution >= 0.6 is 0 Å². The molecule has 4 saturated carbocycles. The van der Waals surface area contributed by atoms with Gasteiger partial charge in [-0.25, -0.2) is 4.79 Å². The fourth-order valence-electron chi connectivity index (χ4n) is 9.75. The van der Waals surface area contributed by atoms with Crippen LogP contribution in [0, 0.1) is 28.6 Å². The summed E-state index contributed by atoms with van der Waals surface area (Å²) in [7, 11) is 0. The molecule has 2 heterocycles. The Morgan fingerprint density at radius 2 is 1.77 bits per heavy atom. The van der Waals surface area contributed by atoms with Crippen LogP contribution in [-0.2, 0) is 33.3 Å². The van der Waals surface area contributed by atoms with Crippen LogP contribution in [0.15, 0.2) is 11.6 Å². The van der Waals surface area contributed by atoms with Gasteiger partial charge in [-0.15, -0.1) is 0 Å². The highest BCUT2D eigenvalue weighted by atomic mass is 16.7. The van der Waals surface area contributed by atoms with Crippen molar-refractivity contribution in [1.82, 2.24) is 0 Å². The van der Waals surface area contributed by atoms with Gasteiger partial charge in [0.2, 0.25) is 6.29 Å². The van der Waals surface area contributed by atoms with E-state index in [2.05, 4.69) is 6.92 Å². The third kappa shape index (κ3) is 3.02. The molecule has 6 aliphatic rings. The van der Waals surface area contributed by atoms with E-state index in [9.17, 15) is 19.5 Å². The van der Waals surface area contributed by atoms with Crippen LogP contribution in [0.25, 0.3) is 0 Å². The molecule has 8 heteroatoms. The Labute approximate surface area is 205 Å². The van der Waals surface area contributed by atoms with Gasteiger partial charge in [0.25, 0.3) is 0 Å². The lowest BCUT2D eigenvalue weighted by atomic mass is 9.42.